The highest BCUT2D eigenvalue weighted by molar-refractivity contribution is 5.10. The minimum atomic E-state index is -0.842. The Hall–Kier alpha value is -0.110. The highest BCUT2D eigenvalue weighted by Gasteiger charge is 2.60. The van der Waals surface area contributed by atoms with Crippen LogP contribution in [-0.2, 0) is 0 Å². The molecule has 1 nitrogen and oxygen atoms in total. The van der Waals surface area contributed by atoms with Gasteiger partial charge in [0, 0.05) is 31.0 Å². The largest absolute Gasteiger partial charge is 0.300 e. The normalized spacial score (nSPS) is 43.1. The molecule has 0 aromatic heterocycles. The molecule has 2 unspecified atom stereocenters. The third-order valence-electron chi connectivity index (χ3n) is 4.35. The maximum absolute atomic E-state index is 14.5. The number of fused-ring (bicyclic) bond motifs is 2. The number of nitrogens with zero attached hydrogens (tertiary/aromatic N) is 1. The van der Waals surface area contributed by atoms with Crippen LogP contribution in [0.4, 0.5) is 4.39 Å². The van der Waals surface area contributed by atoms with Crippen LogP contribution in [0.25, 0.3) is 0 Å². The molecule has 2 bridgehead atoms. The van der Waals surface area contributed by atoms with Crippen LogP contribution in [0.1, 0.15) is 34.1 Å². The lowest BCUT2D eigenvalue weighted by Crippen LogP contribution is -2.67. The van der Waals surface area contributed by atoms with E-state index >= 15 is 0 Å². The standard InChI is InChI=1S/C12H22FN/c1-8(2)12(13)10-5-11(12)7-14(6-10)9(3)4/h8-11H,5-7H2,1-4H3/t10-,11?,12?/m0/s1. The summed E-state index contributed by atoms with van der Waals surface area (Å²) in [5.41, 5.74) is -0.842. The van der Waals surface area contributed by atoms with Gasteiger partial charge in [-0.15, -0.1) is 0 Å². The van der Waals surface area contributed by atoms with Crippen LogP contribution in [0.5, 0.6) is 0 Å². The van der Waals surface area contributed by atoms with Crippen molar-refractivity contribution in [2.45, 2.75) is 45.8 Å². The van der Waals surface area contributed by atoms with Gasteiger partial charge in [0.15, 0.2) is 0 Å². The van der Waals surface area contributed by atoms with E-state index in [1.807, 2.05) is 13.8 Å². The average Bonchev–Trinajstić information content (AvgIpc) is 2.16. The van der Waals surface area contributed by atoms with Crippen molar-refractivity contribution in [3.05, 3.63) is 0 Å². The van der Waals surface area contributed by atoms with Gasteiger partial charge in [0.25, 0.3) is 0 Å². The Balaban J connectivity index is 2.06. The zero-order valence-electron chi connectivity index (χ0n) is 9.76. The predicted octanol–water partition coefficient (Wildman–Crippen LogP) is 2.71. The van der Waals surface area contributed by atoms with Crippen molar-refractivity contribution < 1.29 is 4.39 Å². The minimum Gasteiger partial charge on any atom is -0.300 e. The monoisotopic (exact) mass is 199 g/mol. The summed E-state index contributed by atoms with van der Waals surface area (Å²) in [5, 5.41) is 0. The first-order valence-corrected chi connectivity index (χ1v) is 5.89. The van der Waals surface area contributed by atoms with Crippen LogP contribution in [0, 0.1) is 17.8 Å². The van der Waals surface area contributed by atoms with Gasteiger partial charge >= 0.3 is 0 Å². The lowest BCUT2D eigenvalue weighted by molar-refractivity contribution is -0.176. The first-order valence-electron chi connectivity index (χ1n) is 5.89. The lowest BCUT2D eigenvalue weighted by Gasteiger charge is -2.60. The molecular formula is C12H22FN. The molecule has 0 aromatic rings. The van der Waals surface area contributed by atoms with Gasteiger partial charge in [-0.2, -0.15) is 0 Å². The summed E-state index contributed by atoms with van der Waals surface area (Å²) in [4.78, 5) is 2.43. The fraction of sp³-hybridized carbons (Fsp3) is 1.00. The molecule has 2 heterocycles. The van der Waals surface area contributed by atoms with Crippen molar-refractivity contribution in [2.24, 2.45) is 17.8 Å². The molecule has 3 aliphatic rings. The van der Waals surface area contributed by atoms with Gasteiger partial charge in [-0.3, -0.25) is 0 Å². The summed E-state index contributed by atoms with van der Waals surface area (Å²) in [5.74, 6) is 0.813. The predicted molar refractivity (Wildman–Crippen MR) is 57.0 cm³/mol. The lowest BCUT2D eigenvalue weighted by atomic mass is 9.55. The molecule has 2 saturated heterocycles. The van der Waals surface area contributed by atoms with Gasteiger partial charge < -0.3 is 4.90 Å². The molecule has 14 heavy (non-hydrogen) atoms. The van der Waals surface area contributed by atoms with E-state index < -0.39 is 5.67 Å². The van der Waals surface area contributed by atoms with E-state index in [0.29, 0.717) is 17.9 Å². The molecule has 3 rings (SSSR count). The van der Waals surface area contributed by atoms with Crippen LogP contribution < -0.4 is 0 Å². The van der Waals surface area contributed by atoms with E-state index in [0.717, 1.165) is 19.5 Å². The van der Waals surface area contributed by atoms with Crippen molar-refractivity contribution >= 4 is 0 Å². The van der Waals surface area contributed by atoms with Crippen molar-refractivity contribution in [3.8, 4) is 0 Å². The molecule has 0 radical (unpaired) electrons. The van der Waals surface area contributed by atoms with Gasteiger partial charge in [0.2, 0.25) is 0 Å². The van der Waals surface area contributed by atoms with E-state index in [9.17, 15) is 4.39 Å². The Morgan fingerprint density at radius 1 is 1.14 bits per heavy atom. The highest BCUT2D eigenvalue weighted by Crippen LogP contribution is 2.55. The number of rotatable bonds is 2. The quantitative estimate of drug-likeness (QED) is 0.661. The second-order valence-electron chi connectivity index (χ2n) is 5.66. The molecule has 0 spiro atoms. The number of alkyl halides is 1. The van der Waals surface area contributed by atoms with Crippen LogP contribution in [0.3, 0.4) is 0 Å². The maximum atomic E-state index is 14.5. The molecule has 1 saturated carbocycles. The van der Waals surface area contributed by atoms with Gasteiger partial charge in [0.05, 0.1) is 0 Å². The van der Waals surface area contributed by atoms with Crippen LogP contribution >= 0.6 is 0 Å². The Morgan fingerprint density at radius 3 is 2.00 bits per heavy atom. The smallest absolute Gasteiger partial charge is 0.121 e. The van der Waals surface area contributed by atoms with Crippen LogP contribution in [-0.4, -0.2) is 29.7 Å². The molecule has 0 amide bonds. The molecular weight excluding hydrogens is 177 g/mol. The third-order valence-corrected chi connectivity index (χ3v) is 4.35. The Labute approximate surface area is 86.7 Å². The summed E-state index contributed by atoms with van der Waals surface area (Å²) in [6.07, 6.45) is 1.12. The topological polar surface area (TPSA) is 3.24 Å². The van der Waals surface area contributed by atoms with Gasteiger partial charge in [-0.05, 0) is 26.2 Å². The van der Waals surface area contributed by atoms with E-state index in [1.54, 1.807) is 0 Å². The first-order chi connectivity index (χ1) is 6.46. The molecule has 1 aliphatic carbocycles. The van der Waals surface area contributed by atoms with Crippen LogP contribution in [0.15, 0.2) is 0 Å². The Morgan fingerprint density at radius 2 is 1.64 bits per heavy atom. The van der Waals surface area contributed by atoms with Gasteiger partial charge in [-0.25, -0.2) is 4.39 Å². The average molecular weight is 199 g/mol. The zero-order valence-corrected chi connectivity index (χ0v) is 9.76. The Kier molecular flexibility index (Phi) is 2.37. The molecule has 2 heteroatoms. The summed E-state index contributed by atoms with van der Waals surface area (Å²) >= 11 is 0. The fourth-order valence-corrected chi connectivity index (χ4v) is 3.31. The van der Waals surface area contributed by atoms with E-state index in [1.165, 1.54) is 0 Å². The summed E-state index contributed by atoms with van der Waals surface area (Å²) in [6, 6.07) is 0.581. The molecule has 3 atom stereocenters. The second kappa shape index (κ2) is 3.19. The van der Waals surface area contributed by atoms with Gasteiger partial charge in [0.1, 0.15) is 5.67 Å². The fourth-order valence-electron chi connectivity index (χ4n) is 3.31. The van der Waals surface area contributed by atoms with E-state index in [-0.39, 0.29) is 5.92 Å². The van der Waals surface area contributed by atoms with Crippen LogP contribution in [0.2, 0.25) is 0 Å². The van der Waals surface area contributed by atoms with Crippen molar-refractivity contribution in [1.29, 1.82) is 0 Å². The molecule has 3 fully saturated rings. The second-order valence-corrected chi connectivity index (χ2v) is 5.66. The van der Waals surface area contributed by atoms with Crippen molar-refractivity contribution in [3.63, 3.8) is 0 Å². The number of hydrogen-bond acceptors (Lipinski definition) is 1. The third kappa shape index (κ3) is 1.23. The molecule has 0 N–H and O–H groups in total. The maximum Gasteiger partial charge on any atom is 0.121 e. The summed E-state index contributed by atoms with van der Waals surface area (Å²) < 4.78 is 14.5. The summed E-state index contributed by atoms with van der Waals surface area (Å²) in [7, 11) is 0. The van der Waals surface area contributed by atoms with Crippen molar-refractivity contribution in [1.82, 2.24) is 4.90 Å². The Bertz CT molecular complexity index is 212. The van der Waals surface area contributed by atoms with Gasteiger partial charge in [-0.1, -0.05) is 13.8 Å². The molecule has 82 valence electrons. The summed E-state index contributed by atoms with van der Waals surface area (Å²) in [6.45, 7) is 10.4. The molecule has 2 aliphatic heterocycles. The number of hydrogen-bond donors (Lipinski definition) is 0. The SMILES string of the molecule is CC(C)N1CC2C[C@@H](C1)C2(F)C(C)C. The highest BCUT2D eigenvalue weighted by atomic mass is 19.1. The van der Waals surface area contributed by atoms with E-state index in [2.05, 4.69) is 18.7 Å². The number of halogens is 1. The zero-order chi connectivity index (χ0) is 10.5. The number of piperidine rings is 2. The molecule has 0 aromatic carbocycles. The van der Waals surface area contributed by atoms with E-state index in [4.69, 9.17) is 0 Å². The first kappa shape index (κ1) is 10.4. The minimum absolute atomic E-state index is 0.195. The van der Waals surface area contributed by atoms with Crippen molar-refractivity contribution in [2.75, 3.05) is 13.1 Å².